The summed E-state index contributed by atoms with van der Waals surface area (Å²) in [6.07, 6.45) is 0.690. The van der Waals surface area contributed by atoms with Crippen molar-refractivity contribution in [2.75, 3.05) is 12.0 Å². The Labute approximate surface area is 144 Å². The minimum Gasteiger partial charge on any atom is -0.455 e. The van der Waals surface area contributed by atoms with Gasteiger partial charge in [0.25, 0.3) is 0 Å². The molecule has 2 aromatic rings. The van der Waals surface area contributed by atoms with Gasteiger partial charge in [-0.2, -0.15) is 0 Å². The van der Waals surface area contributed by atoms with Crippen LogP contribution in [0.25, 0.3) is 5.69 Å². The minimum atomic E-state index is -0.728. The van der Waals surface area contributed by atoms with Crippen molar-refractivity contribution in [2.24, 2.45) is 0 Å². The molecule has 0 aliphatic carbocycles. The molecule has 2 heterocycles. The summed E-state index contributed by atoms with van der Waals surface area (Å²) in [5.41, 5.74) is 0.300. The molecular weight excluding hydrogens is 329 g/mol. The lowest BCUT2D eigenvalue weighted by atomic mass is 10.1. The van der Waals surface area contributed by atoms with E-state index in [2.05, 4.69) is 4.98 Å². The summed E-state index contributed by atoms with van der Waals surface area (Å²) < 4.78 is 26.0. The zero-order valence-corrected chi connectivity index (χ0v) is 14.4. The maximum absolute atomic E-state index is 14.3. The molecule has 0 saturated heterocycles. The van der Waals surface area contributed by atoms with Gasteiger partial charge in [0.1, 0.15) is 23.4 Å². The molecule has 1 aromatic heterocycles. The Bertz CT molecular complexity index is 854. The summed E-state index contributed by atoms with van der Waals surface area (Å²) in [6.45, 7) is 5.19. The second kappa shape index (κ2) is 5.87. The number of esters is 1. The zero-order valence-electron chi connectivity index (χ0n) is 14.4. The highest BCUT2D eigenvalue weighted by Crippen LogP contribution is 2.36. The van der Waals surface area contributed by atoms with Gasteiger partial charge < -0.3 is 9.47 Å². The Morgan fingerprint density at radius 1 is 1.28 bits per heavy atom. The molecule has 0 N–H and O–H groups in total. The molecular formula is C17H18FN3O4. The van der Waals surface area contributed by atoms with Gasteiger partial charge in [-0.05, 0) is 32.9 Å². The number of carbonyl (C=O) groups excluding carboxylic acids is 2. The standard InChI is InChI=1S/C17H18FN3O4/c1-17(2,3)25-15(22)13-12-8-20(16(23)24-4)14-10(18)6-5-7-11(14)21(12)9-19-13/h5-7,9H,8H2,1-4H3. The van der Waals surface area contributed by atoms with E-state index in [4.69, 9.17) is 9.47 Å². The van der Waals surface area contributed by atoms with Crippen molar-refractivity contribution >= 4 is 17.7 Å². The zero-order chi connectivity index (χ0) is 18.4. The van der Waals surface area contributed by atoms with Crippen molar-refractivity contribution in [3.63, 3.8) is 0 Å². The van der Waals surface area contributed by atoms with Crippen molar-refractivity contribution in [1.82, 2.24) is 9.55 Å². The van der Waals surface area contributed by atoms with Gasteiger partial charge in [-0.25, -0.2) is 19.0 Å². The number of rotatable bonds is 1. The van der Waals surface area contributed by atoms with Crippen LogP contribution in [0.1, 0.15) is 37.0 Å². The third-order valence-corrected chi connectivity index (χ3v) is 3.66. The van der Waals surface area contributed by atoms with E-state index in [-0.39, 0.29) is 17.9 Å². The number of hydrogen-bond acceptors (Lipinski definition) is 5. The van der Waals surface area contributed by atoms with Crippen LogP contribution in [0.4, 0.5) is 14.9 Å². The second-order valence-electron chi connectivity index (χ2n) is 6.58. The first-order valence-corrected chi connectivity index (χ1v) is 7.67. The lowest BCUT2D eigenvalue weighted by Gasteiger charge is -2.30. The van der Waals surface area contributed by atoms with Gasteiger partial charge in [0.15, 0.2) is 5.69 Å². The fraction of sp³-hybridized carbons (Fsp3) is 0.353. The molecule has 7 nitrogen and oxygen atoms in total. The van der Waals surface area contributed by atoms with Crippen molar-refractivity contribution in [1.29, 1.82) is 0 Å². The maximum atomic E-state index is 14.3. The highest BCUT2D eigenvalue weighted by molar-refractivity contribution is 5.94. The molecule has 0 radical (unpaired) electrons. The quantitative estimate of drug-likeness (QED) is 0.741. The SMILES string of the molecule is COC(=O)N1Cc2c(C(=O)OC(C)(C)C)ncn2-c2cccc(F)c21. The number of para-hydroxylation sites is 1. The molecule has 1 aliphatic rings. The smallest absolute Gasteiger partial charge is 0.414 e. The molecule has 132 valence electrons. The Balaban J connectivity index is 2.12. The number of carbonyl (C=O) groups is 2. The molecule has 1 aromatic carbocycles. The van der Waals surface area contributed by atoms with E-state index in [0.29, 0.717) is 11.4 Å². The molecule has 0 saturated carbocycles. The summed E-state index contributed by atoms with van der Waals surface area (Å²) in [4.78, 5) is 29.8. The lowest BCUT2D eigenvalue weighted by Crippen LogP contribution is -2.36. The van der Waals surface area contributed by atoms with Crippen LogP contribution in [0.2, 0.25) is 0 Å². The topological polar surface area (TPSA) is 73.7 Å². The first-order valence-electron chi connectivity index (χ1n) is 7.67. The highest BCUT2D eigenvalue weighted by Gasteiger charge is 2.34. The molecule has 8 heteroatoms. The van der Waals surface area contributed by atoms with Crippen LogP contribution < -0.4 is 4.90 Å². The lowest BCUT2D eigenvalue weighted by molar-refractivity contribution is 0.00618. The van der Waals surface area contributed by atoms with E-state index in [1.54, 1.807) is 31.4 Å². The van der Waals surface area contributed by atoms with Crippen LogP contribution in [0.15, 0.2) is 24.5 Å². The van der Waals surface area contributed by atoms with E-state index < -0.39 is 23.5 Å². The first kappa shape index (κ1) is 16.9. The summed E-state index contributed by atoms with van der Waals surface area (Å²) in [5, 5.41) is 0. The third-order valence-electron chi connectivity index (χ3n) is 3.66. The number of hydrogen-bond donors (Lipinski definition) is 0. The summed E-state index contributed by atoms with van der Waals surface area (Å²) in [6, 6.07) is 4.41. The molecule has 0 unspecified atom stereocenters. The Morgan fingerprint density at radius 3 is 2.64 bits per heavy atom. The Morgan fingerprint density at radius 2 is 2.00 bits per heavy atom. The van der Waals surface area contributed by atoms with Crippen LogP contribution in [-0.2, 0) is 16.0 Å². The van der Waals surface area contributed by atoms with Crippen molar-refractivity contribution in [2.45, 2.75) is 32.9 Å². The van der Waals surface area contributed by atoms with E-state index in [0.717, 1.165) is 4.90 Å². The molecule has 0 spiro atoms. The van der Waals surface area contributed by atoms with E-state index in [1.807, 2.05) is 0 Å². The van der Waals surface area contributed by atoms with Crippen molar-refractivity contribution in [3.8, 4) is 5.69 Å². The van der Waals surface area contributed by atoms with Crippen LogP contribution in [-0.4, -0.2) is 34.3 Å². The average molecular weight is 347 g/mol. The van der Waals surface area contributed by atoms with E-state index >= 15 is 0 Å². The largest absolute Gasteiger partial charge is 0.455 e. The minimum absolute atomic E-state index is 0.0603. The fourth-order valence-electron chi connectivity index (χ4n) is 2.69. The monoisotopic (exact) mass is 347 g/mol. The van der Waals surface area contributed by atoms with Gasteiger partial charge >= 0.3 is 12.1 Å². The molecule has 0 atom stereocenters. The van der Waals surface area contributed by atoms with Gasteiger partial charge in [-0.3, -0.25) is 9.47 Å². The van der Waals surface area contributed by atoms with Gasteiger partial charge in [-0.1, -0.05) is 6.07 Å². The number of benzene rings is 1. The summed E-state index contributed by atoms with van der Waals surface area (Å²) >= 11 is 0. The predicted molar refractivity (Wildman–Crippen MR) is 87.3 cm³/mol. The molecule has 25 heavy (non-hydrogen) atoms. The van der Waals surface area contributed by atoms with Crippen molar-refractivity contribution in [3.05, 3.63) is 41.7 Å². The number of aromatic nitrogens is 2. The number of anilines is 1. The third kappa shape index (κ3) is 2.95. The number of nitrogens with zero attached hydrogens (tertiary/aromatic N) is 3. The Hall–Kier alpha value is -2.90. The maximum Gasteiger partial charge on any atom is 0.414 e. The highest BCUT2D eigenvalue weighted by atomic mass is 19.1. The number of ether oxygens (including phenoxy) is 2. The van der Waals surface area contributed by atoms with Gasteiger partial charge in [-0.15, -0.1) is 0 Å². The predicted octanol–water partition coefficient (Wildman–Crippen LogP) is 3.05. The number of fused-ring (bicyclic) bond motifs is 3. The van der Waals surface area contributed by atoms with Crippen LogP contribution in [0, 0.1) is 5.82 Å². The Kier molecular flexibility index (Phi) is 3.98. The molecule has 0 bridgehead atoms. The van der Waals surface area contributed by atoms with Crippen LogP contribution in [0.3, 0.4) is 0 Å². The number of imidazole rings is 1. The molecule has 0 fully saturated rings. The average Bonchev–Trinajstić information content (AvgIpc) is 2.96. The molecule has 3 rings (SSSR count). The number of halogens is 1. The molecule has 1 aliphatic heterocycles. The van der Waals surface area contributed by atoms with E-state index in [1.165, 1.54) is 25.6 Å². The molecule has 1 amide bonds. The van der Waals surface area contributed by atoms with Crippen LogP contribution in [0.5, 0.6) is 0 Å². The van der Waals surface area contributed by atoms with Gasteiger partial charge in [0.2, 0.25) is 0 Å². The van der Waals surface area contributed by atoms with Crippen LogP contribution >= 0.6 is 0 Å². The van der Waals surface area contributed by atoms with Crippen molar-refractivity contribution < 1.29 is 23.5 Å². The second-order valence-corrected chi connectivity index (χ2v) is 6.58. The summed E-state index contributed by atoms with van der Waals surface area (Å²) in [5.74, 6) is -1.17. The number of amides is 1. The fourth-order valence-corrected chi connectivity index (χ4v) is 2.69. The van der Waals surface area contributed by atoms with E-state index in [9.17, 15) is 14.0 Å². The van der Waals surface area contributed by atoms with Gasteiger partial charge in [0.05, 0.1) is 25.0 Å². The normalized spacial score (nSPS) is 13.1. The summed E-state index contributed by atoms with van der Waals surface area (Å²) in [7, 11) is 1.21. The first-order chi connectivity index (χ1) is 11.7. The van der Waals surface area contributed by atoms with Gasteiger partial charge in [0, 0.05) is 0 Å². The number of methoxy groups -OCH3 is 1.